The lowest BCUT2D eigenvalue weighted by Crippen LogP contribution is -2.33. The van der Waals surface area contributed by atoms with Gasteiger partial charge >= 0.3 is 0 Å². The second kappa shape index (κ2) is 3.38. The van der Waals surface area contributed by atoms with Gasteiger partial charge in [0, 0.05) is 12.2 Å². The van der Waals surface area contributed by atoms with Crippen LogP contribution in [0, 0.1) is 5.82 Å². The SMILES string of the molecule is N[C@H]1CCN(c2ccc(F)cc2)C1=O. The van der Waals surface area contributed by atoms with Crippen LogP contribution in [0.4, 0.5) is 10.1 Å². The van der Waals surface area contributed by atoms with Crippen LogP contribution in [-0.2, 0) is 4.79 Å². The van der Waals surface area contributed by atoms with Gasteiger partial charge in [-0.2, -0.15) is 0 Å². The zero-order valence-corrected chi connectivity index (χ0v) is 7.61. The molecular formula is C10H11FN2O. The third-order valence-electron chi connectivity index (χ3n) is 2.39. The average Bonchev–Trinajstić information content (AvgIpc) is 2.50. The molecule has 0 saturated carbocycles. The average molecular weight is 194 g/mol. The van der Waals surface area contributed by atoms with Crippen molar-refractivity contribution in [2.24, 2.45) is 5.73 Å². The summed E-state index contributed by atoms with van der Waals surface area (Å²) in [5.41, 5.74) is 6.28. The van der Waals surface area contributed by atoms with Crippen molar-refractivity contribution < 1.29 is 9.18 Å². The summed E-state index contributed by atoms with van der Waals surface area (Å²) in [5.74, 6) is -0.388. The van der Waals surface area contributed by atoms with Gasteiger partial charge in [-0.3, -0.25) is 4.79 Å². The number of anilines is 1. The fraction of sp³-hybridized carbons (Fsp3) is 0.300. The molecule has 74 valence electrons. The van der Waals surface area contributed by atoms with E-state index >= 15 is 0 Å². The molecule has 1 amide bonds. The largest absolute Gasteiger partial charge is 0.320 e. The Bertz CT molecular complexity index is 350. The Morgan fingerprint density at radius 3 is 2.50 bits per heavy atom. The monoisotopic (exact) mass is 194 g/mol. The Hall–Kier alpha value is -1.42. The van der Waals surface area contributed by atoms with E-state index in [1.54, 1.807) is 17.0 Å². The van der Waals surface area contributed by atoms with Crippen LogP contribution in [0.3, 0.4) is 0 Å². The van der Waals surface area contributed by atoms with E-state index in [4.69, 9.17) is 5.73 Å². The van der Waals surface area contributed by atoms with Gasteiger partial charge in [0.25, 0.3) is 0 Å². The summed E-state index contributed by atoms with van der Waals surface area (Å²) >= 11 is 0. The third-order valence-corrected chi connectivity index (χ3v) is 2.39. The lowest BCUT2D eigenvalue weighted by atomic mass is 10.3. The van der Waals surface area contributed by atoms with Crippen LogP contribution >= 0.6 is 0 Å². The molecule has 1 atom stereocenters. The summed E-state index contributed by atoms with van der Waals surface area (Å²) in [6, 6.07) is 5.45. The number of halogens is 1. The Morgan fingerprint density at radius 1 is 1.36 bits per heavy atom. The fourth-order valence-electron chi connectivity index (χ4n) is 1.58. The van der Waals surface area contributed by atoms with Crippen molar-refractivity contribution in [3.63, 3.8) is 0 Å². The summed E-state index contributed by atoms with van der Waals surface area (Å²) in [6.45, 7) is 0.617. The highest BCUT2D eigenvalue weighted by atomic mass is 19.1. The second-order valence-corrected chi connectivity index (χ2v) is 3.36. The predicted molar refractivity (Wildman–Crippen MR) is 51.3 cm³/mol. The molecule has 1 aliphatic rings. The number of carbonyl (C=O) groups is 1. The molecule has 4 heteroatoms. The molecule has 1 heterocycles. The van der Waals surface area contributed by atoms with Crippen LogP contribution in [-0.4, -0.2) is 18.5 Å². The van der Waals surface area contributed by atoms with Crippen molar-refractivity contribution >= 4 is 11.6 Å². The van der Waals surface area contributed by atoms with Crippen molar-refractivity contribution in [1.29, 1.82) is 0 Å². The van der Waals surface area contributed by atoms with Crippen molar-refractivity contribution in [3.8, 4) is 0 Å². The minimum atomic E-state index is -0.403. The second-order valence-electron chi connectivity index (χ2n) is 3.36. The number of hydrogen-bond donors (Lipinski definition) is 1. The standard InChI is InChI=1S/C10H11FN2O/c11-7-1-3-8(4-2-7)13-6-5-9(12)10(13)14/h1-4,9H,5-6,12H2/t9-/m0/s1. The molecule has 2 rings (SSSR count). The van der Waals surface area contributed by atoms with Gasteiger partial charge in [0.1, 0.15) is 5.82 Å². The molecule has 0 spiro atoms. The number of amides is 1. The van der Waals surface area contributed by atoms with E-state index < -0.39 is 6.04 Å². The van der Waals surface area contributed by atoms with Crippen LogP contribution in [0.1, 0.15) is 6.42 Å². The van der Waals surface area contributed by atoms with E-state index in [2.05, 4.69) is 0 Å². The van der Waals surface area contributed by atoms with E-state index in [1.807, 2.05) is 0 Å². The van der Waals surface area contributed by atoms with Gasteiger partial charge in [0.05, 0.1) is 6.04 Å². The van der Waals surface area contributed by atoms with Gasteiger partial charge in [-0.1, -0.05) is 0 Å². The van der Waals surface area contributed by atoms with Crippen molar-refractivity contribution in [2.45, 2.75) is 12.5 Å². The highest BCUT2D eigenvalue weighted by Gasteiger charge is 2.29. The van der Waals surface area contributed by atoms with Crippen LogP contribution < -0.4 is 10.6 Å². The molecule has 0 radical (unpaired) electrons. The molecule has 0 unspecified atom stereocenters. The van der Waals surface area contributed by atoms with Gasteiger partial charge in [-0.15, -0.1) is 0 Å². The number of benzene rings is 1. The summed E-state index contributed by atoms with van der Waals surface area (Å²) < 4.78 is 12.6. The number of hydrogen-bond acceptors (Lipinski definition) is 2. The Kier molecular flexibility index (Phi) is 2.21. The zero-order chi connectivity index (χ0) is 10.1. The predicted octanol–water partition coefficient (Wildman–Crippen LogP) is 0.890. The first-order valence-electron chi connectivity index (χ1n) is 4.51. The van der Waals surface area contributed by atoms with Crippen LogP contribution in [0.25, 0.3) is 0 Å². The van der Waals surface area contributed by atoms with Crippen molar-refractivity contribution in [3.05, 3.63) is 30.1 Å². The molecule has 0 bridgehead atoms. The highest BCUT2D eigenvalue weighted by Crippen LogP contribution is 2.20. The number of nitrogens with zero attached hydrogens (tertiary/aromatic N) is 1. The van der Waals surface area contributed by atoms with Gasteiger partial charge in [-0.05, 0) is 30.7 Å². The van der Waals surface area contributed by atoms with E-state index in [0.29, 0.717) is 18.7 Å². The molecule has 2 N–H and O–H groups in total. The maximum Gasteiger partial charge on any atom is 0.243 e. The quantitative estimate of drug-likeness (QED) is 0.721. The Balaban J connectivity index is 2.24. The molecule has 0 aromatic heterocycles. The number of rotatable bonds is 1. The van der Waals surface area contributed by atoms with Gasteiger partial charge < -0.3 is 10.6 Å². The summed E-state index contributed by atoms with van der Waals surface area (Å²) in [7, 11) is 0. The van der Waals surface area contributed by atoms with E-state index in [-0.39, 0.29) is 11.7 Å². The summed E-state index contributed by atoms with van der Waals surface area (Å²) in [5, 5.41) is 0. The van der Waals surface area contributed by atoms with Crippen LogP contribution in [0.2, 0.25) is 0 Å². The molecule has 14 heavy (non-hydrogen) atoms. The summed E-state index contributed by atoms with van der Waals surface area (Å²) in [6.07, 6.45) is 0.663. The lowest BCUT2D eigenvalue weighted by Gasteiger charge is -2.15. The zero-order valence-electron chi connectivity index (χ0n) is 7.61. The first-order valence-corrected chi connectivity index (χ1v) is 4.51. The topological polar surface area (TPSA) is 46.3 Å². The smallest absolute Gasteiger partial charge is 0.243 e. The minimum absolute atomic E-state index is 0.0865. The number of carbonyl (C=O) groups excluding carboxylic acids is 1. The van der Waals surface area contributed by atoms with E-state index in [9.17, 15) is 9.18 Å². The van der Waals surface area contributed by atoms with Gasteiger partial charge in [0.2, 0.25) is 5.91 Å². The molecule has 0 aliphatic carbocycles. The van der Waals surface area contributed by atoms with Gasteiger partial charge in [0.15, 0.2) is 0 Å². The molecular weight excluding hydrogens is 183 g/mol. The van der Waals surface area contributed by atoms with Crippen molar-refractivity contribution in [1.82, 2.24) is 0 Å². The normalized spacial score (nSPS) is 21.7. The van der Waals surface area contributed by atoms with Crippen LogP contribution in [0.5, 0.6) is 0 Å². The fourth-order valence-corrected chi connectivity index (χ4v) is 1.58. The first kappa shape index (κ1) is 9.15. The lowest BCUT2D eigenvalue weighted by molar-refractivity contribution is -0.118. The van der Waals surface area contributed by atoms with Crippen LogP contribution in [0.15, 0.2) is 24.3 Å². The maximum absolute atomic E-state index is 12.6. The van der Waals surface area contributed by atoms with Crippen molar-refractivity contribution in [2.75, 3.05) is 11.4 Å². The highest BCUT2D eigenvalue weighted by molar-refractivity contribution is 5.99. The molecule has 1 fully saturated rings. The number of nitrogens with two attached hydrogens (primary N) is 1. The third kappa shape index (κ3) is 1.48. The van der Waals surface area contributed by atoms with E-state index in [1.165, 1.54) is 12.1 Å². The molecule has 1 saturated heterocycles. The minimum Gasteiger partial charge on any atom is -0.320 e. The first-order chi connectivity index (χ1) is 6.68. The summed E-state index contributed by atoms with van der Waals surface area (Å²) in [4.78, 5) is 13.1. The molecule has 1 aromatic rings. The Labute approximate surface area is 81.3 Å². The Morgan fingerprint density at radius 2 is 2.00 bits per heavy atom. The van der Waals surface area contributed by atoms with Gasteiger partial charge in [-0.25, -0.2) is 4.39 Å². The maximum atomic E-state index is 12.6. The molecule has 1 aliphatic heterocycles. The molecule has 3 nitrogen and oxygen atoms in total. The molecule has 1 aromatic carbocycles. The van der Waals surface area contributed by atoms with E-state index in [0.717, 1.165) is 0 Å².